The molecule has 2 fully saturated rings. The molecule has 1 saturated carbocycles. The maximum Gasteiger partial charge on any atom is 0.221 e. The number of ether oxygens (including phenoxy) is 1. The van der Waals surface area contributed by atoms with E-state index in [0.29, 0.717) is 24.5 Å². The summed E-state index contributed by atoms with van der Waals surface area (Å²) in [7, 11) is 0. The lowest BCUT2D eigenvalue weighted by Crippen LogP contribution is -2.47. The number of carbonyl (C=O) groups excluding carboxylic acids is 1. The second kappa shape index (κ2) is 6.02. The van der Waals surface area contributed by atoms with Gasteiger partial charge in [-0.1, -0.05) is 20.3 Å². The zero-order valence-electron chi connectivity index (χ0n) is 11.6. The zero-order valence-corrected chi connectivity index (χ0v) is 11.6. The van der Waals surface area contributed by atoms with Crippen LogP contribution in [-0.4, -0.2) is 37.7 Å². The lowest BCUT2D eigenvalue weighted by molar-refractivity contribution is -0.123. The van der Waals surface area contributed by atoms with Crippen molar-refractivity contribution >= 4 is 5.91 Å². The Balaban J connectivity index is 1.73. The van der Waals surface area contributed by atoms with Crippen molar-refractivity contribution in [1.82, 2.24) is 10.6 Å². The maximum absolute atomic E-state index is 12.0. The van der Waals surface area contributed by atoms with Crippen LogP contribution in [0.4, 0.5) is 0 Å². The average Bonchev–Trinajstić information content (AvgIpc) is 2.28. The van der Waals surface area contributed by atoms with Crippen LogP contribution < -0.4 is 10.6 Å². The minimum absolute atomic E-state index is 0.167. The first-order chi connectivity index (χ1) is 8.55. The Morgan fingerprint density at radius 2 is 2.33 bits per heavy atom. The fourth-order valence-electron chi connectivity index (χ4n) is 3.08. The van der Waals surface area contributed by atoms with Crippen LogP contribution in [0.15, 0.2) is 0 Å². The molecule has 0 aromatic heterocycles. The monoisotopic (exact) mass is 254 g/mol. The highest BCUT2D eigenvalue weighted by atomic mass is 16.5. The van der Waals surface area contributed by atoms with E-state index in [1.807, 2.05) is 0 Å². The number of nitrogens with one attached hydrogen (secondary N) is 2. The first-order valence-corrected chi connectivity index (χ1v) is 7.16. The van der Waals surface area contributed by atoms with Gasteiger partial charge in [-0.05, 0) is 24.7 Å². The summed E-state index contributed by atoms with van der Waals surface area (Å²) in [5.74, 6) is 0.167. The van der Waals surface area contributed by atoms with Gasteiger partial charge in [-0.25, -0.2) is 0 Å². The van der Waals surface area contributed by atoms with Gasteiger partial charge < -0.3 is 15.4 Å². The van der Waals surface area contributed by atoms with E-state index in [0.717, 1.165) is 26.0 Å². The Labute approximate surface area is 110 Å². The van der Waals surface area contributed by atoms with Crippen molar-refractivity contribution in [3.63, 3.8) is 0 Å². The molecule has 1 aliphatic carbocycles. The van der Waals surface area contributed by atoms with E-state index in [9.17, 15) is 4.79 Å². The van der Waals surface area contributed by atoms with Crippen molar-refractivity contribution < 1.29 is 9.53 Å². The zero-order chi connectivity index (χ0) is 13.0. The maximum atomic E-state index is 12.0. The highest BCUT2D eigenvalue weighted by Crippen LogP contribution is 2.35. The lowest BCUT2D eigenvalue weighted by atomic mass is 9.75. The third kappa shape index (κ3) is 4.25. The van der Waals surface area contributed by atoms with Gasteiger partial charge in [0.25, 0.3) is 0 Å². The minimum Gasteiger partial charge on any atom is -0.378 e. The lowest BCUT2D eigenvalue weighted by Gasteiger charge is -2.35. The quantitative estimate of drug-likeness (QED) is 0.801. The van der Waals surface area contributed by atoms with Gasteiger partial charge in [0.1, 0.15) is 0 Å². The van der Waals surface area contributed by atoms with Crippen LogP contribution in [0.5, 0.6) is 0 Å². The molecule has 2 rings (SSSR count). The molecule has 104 valence electrons. The number of carbonyl (C=O) groups is 1. The minimum atomic E-state index is 0.167. The summed E-state index contributed by atoms with van der Waals surface area (Å²) in [5.41, 5.74) is 0.377. The van der Waals surface area contributed by atoms with Crippen molar-refractivity contribution in [2.24, 2.45) is 5.41 Å². The van der Waals surface area contributed by atoms with Gasteiger partial charge in [-0.2, -0.15) is 0 Å². The predicted molar refractivity (Wildman–Crippen MR) is 71.4 cm³/mol. The van der Waals surface area contributed by atoms with E-state index >= 15 is 0 Å². The van der Waals surface area contributed by atoms with E-state index in [1.165, 1.54) is 12.8 Å². The molecule has 4 nitrogen and oxygen atoms in total. The Kier molecular flexibility index (Phi) is 4.62. The molecule has 1 amide bonds. The molecule has 2 unspecified atom stereocenters. The molecule has 2 N–H and O–H groups in total. The second-order valence-electron chi connectivity index (χ2n) is 6.46. The number of rotatable bonds is 3. The molecule has 2 atom stereocenters. The van der Waals surface area contributed by atoms with Gasteiger partial charge in [0, 0.05) is 25.0 Å². The fraction of sp³-hybridized carbons (Fsp3) is 0.929. The molecule has 4 heteroatoms. The van der Waals surface area contributed by atoms with E-state index in [-0.39, 0.29) is 11.9 Å². The van der Waals surface area contributed by atoms with Gasteiger partial charge in [0.15, 0.2) is 0 Å². The summed E-state index contributed by atoms with van der Waals surface area (Å²) in [6.07, 6.45) is 5.27. The van der Waals surface area contributed by atoms with E-state index in [2.05, 4.69) is 24.5 Å². The van der Waals surface area contributed by atoms with E-state index in [4.69, 9.17) is 4.74 Å². The molecule has 0 bridgehead atoms. The Bertz CT molecular complexity index is 286. The Morgan fingerprint density at radius 1 is 1.50 bits per heavy atom. The number of hydrogen-bond acceptors (Lipinski definition) is 3. The van der Waals surface area contributed by atoms with Crippen molar-refractivity contribution in [3.8, 4) is 0 Å². The number of amides is 1. The largest absolute Gasteiger partial charge is 0.378 e. The van der Waals surface area contributed by atoms with Crippen LogP contribution in [0.25, 0.3) is 0 Å². The third-order valence-corrected chi connectivity index (χ3v) is 4.00. The van der Waals surface area contributed by atoms with Crippen LogP contribution in [0.1, 0.15) is 46.0 Å². The van der Waals surface area contributed by atoms with E-state index in [1.54, 1.807) is 0 Å². The van der Waals surface area contributed by atoms with Gasteiger partial charge >= 0.3 is 0 Å². The van der Waals surface area contributed by atoms with Crippen molar-refractivity contribution in [2.45, 2.75) is 58.0 Å². The van der Waals surface area contributed by atoms with Crippen LogP contribution >= 0.6 is 0 Å². The average molecular weight is 254 g/mol. The van der Waals surface area contributed by atoms with Gasteiger partial charge in [-0.3, -0.25) is 4.79 Å². The molecule has 1 saturated heterocycles. The van der Waals surface area contributed by atoms with Crippen LogP contribution in [0, 0.1) is 5.41 Å². The highest BCUT2D eigenvalue weighted by Gasteiger charge is 2.29. The van der Waals surface area contributed by atoms with Gasteiger partial charge in [0.2, 0.25) is 5.91 Å². The topological polar surface area (TPSA) is 50.4 Å². The first kappa shape index (κ1) is 13.8. The molecule has 0 radical (unpaired) electrons. The summed E-state index contributed by atoms with van der Waals surface area (Å²) < 4.78 is 5.36. The first-order valence-electron chi connectivity index (χ1n) is 7.16. The van der Waals surface area contributed by atoms with E-state index < -0.39 is 0 Å². The predicted octanol–water partition coefficient (Wildman–Crippen LogP) is 1.45. The molecular weight excluding hydrogens is 228 g/mol. The molecular formula is C14H26N2O2. The number of morpholine rings is 1. The van der Waals surface area contributed by atoms with Crippen molar-refractivity contribution in [1.29, 1.82) is 0 Å². The highest BCUT2D eigenvalue weighted by molar-refractivity contribution is 5.76. The third-order valence-electron chi connectivity index (χ3n) is 4.00. The summed E-state index contributed by atoms with van der Waals surface area (Å²) in [5, 5.41) is 6.50. The van der Waals surface area contributed by atoms with Crippen LogP contribution in [0.2, 0.25) is 0 Å². The SMILES string of the molecule is CC1(C)CCCC(NC(=O)CC2COCCN2)C1. The van der Waals surface area contributed by atoms with Crippen molar-refractivity contribution in [3.05, 3.63) is 0 Å². The van der Waals surface area contributed by atoms with Crippen LogP contribution in [0.3, 0.4) is 0 Å². The van der Waals surface area contributed by atoms with Crippen LogP contribution in [-0.2, 0) is 9.53 Å². The van der Waals surface area contributed by atoms with Crippen molar-refractivity contribution in [2.75, 3.05) is 19.8 Å². The molecule has 2 aliphatic rings. The summed E-state index contributed by atoms with van der Waals surface area (Å²) in [6.45, 7) is 6.86. The fourth-order valence-corrected chi connectivity index (χ4v) is 3.08. The molecule has 1 heterocycles. The summed E-state index contributed by atoms with van der Waals surface area (Å²) >= 11 is 0. The van der Waals surface area contributed by atoms with Gasteiger partial charge in [0.05, 0.1) is 13.2 Å². The summed E-state index contributed by atoms with van der Waals surface area (Å²) in [4.78, 5) is 12.0. The molecule has 0 spiro atoms. The molecule has 1 aliphatic heterocycles. The number of hydrogen-bond donors (Lipinski definition) is 2. The summed E-state index contributed by atoms with van der Waals surface area (Å²) in [6, 6.07) is 0.557. The normalized spacial score (nSPS) is 31.9. The molecule has 0 aromatic rings. The Morgan fingerprint density at radius 3 is 3.00 bits per heavy atom. The molecule has 0 aromatic carbocycles. The Hall–Kier alpha value is -0.610. The smallest absolute Gasteiger partial charge is 0.221 e. The van der Waals surface area contributed by atoms with Gasteiger partial charge in [-0.15, -0.1) is 0 Å². The second-order valence-corrected chi connectivity index (χ2v) is 6.46. The molecule has 18 heavy (non-hydrogen) atoms. The standard InChI is InChI=1S/C14H26N2O2/c1-14(2)5-3-4-11(9-14)16-13(17)8-12-10-18-7-6-15-12/h11-12,15H,3-10H2,1-2H3,(H,16,17).